The number of hydrogen-bond acceptors (Lipinski definition) is 6. The summed E-state index contributed by atoms with van der Waals surface area (Å²) in [5.41, 5.74) is 8.86. The number of pyridine rings is 1. The van der Waals surface area contributed by atoms with E-state index < -0.39 is 0 Å². The van der Waals surface area contributed by atoms with Crippen LogP contribution in [0.3, 0.4) is 0 Å². The Morgan fingerprint density at radius 1 is 1.08 bits per heavy atom. The highest BCUT2D eigenvalue weighted by Crippen LogP contribution is 2.28. The summed E-state index contributed by atoms with van der Waals surface area (Å²) in [6.45, 7) is 2.90. The summed E-state index contributed by atoms with van der Waals surface area (Å²) >= 11 is 6.10. The Hall–Kier alpha value is -2.44. The van der Waals surface area contributed by atoms with Gasteiger partial charge < -0.3 is 15.4 Å². The quantitative estimate of drug-likeness (QED) is 0.722. The maximum Gasteiger partial charge on any atom is 0.162 e. The molecule has 7 heteroatoms. The molecule has 1 aliphatic rings. The fourth-order valence-corrected chi connectivity index (χ4v) is 2.89. The number of nitrogens with two attached hydrogens (primary N) is 1. The van der Waals surface area contributed by atoms with Crippen LogP contribution >= 0.6 is 11.6 Å². The van der Waals surface area contributed by atoms with Crippen LogP contribution in [-0.2, 0) is 4.74 Å². The van der Waals surface area contributed by atoms with Gasteiger partial charge in [0.1, 0.15) is 5.52 Å². The van der Waals surface area contributed by atoms with Gasteiger partial charge in [0, 0.05) is 30.5 Å². The van der Waals surface area contributed by atoms with Gasteiger partial charge >= 0.3 is 0 Å². The van der Waals surface area contributed by atoms with Crippen LogP contribution in [0.15, 0.2) is 36.5 Å². The molecule has 1 aliphatic heterocycles. The van der Waals surface area contributed by atoms with Crippen molar-refractivity contribution in [2.75, 3.05) is 36.9 Å². The van der Waals surface area contributed by atoms with Crippen molar-refractivity contribution in [3.05, 3.63) is 41.6 Å². The highest BCUT2D eigenvalue weighted by Gasteiger charge is 2.19. The van der Waals surface area contributed by atoms with Crippen LogP contribution in [0, 0.1) is 0 Å². The van der Waals surface area contributed by atoms with Gasteiger partial charge in [0.25, 0.3) is 0 Å². The van der Waals surface area contributed by atoms with E-state index >= 15 is 0 Å². The van der Waals surface area contributed by atoms with Crippen molar-refractivity contribution in [3.8, 4) is 11.4 Å². The zero-order chi connectivity index (χ0) is 16.5. The molecule has 24 heavy (non-hydrogen) atoms. The number of nitrogens with zero attached hydrogens (tertiary/aromatic N) is 4. The van der Waals surface area contributed by atoms with Gasteiger partial charge in [-0.2, -0.15) is 0 Å². The summed E-state index contributed by atoms with van der Waals surface area (Å²) in [5.74, 6) is 1.44. The minimum absolute atomic E-state index is 0.553. The van der Waals surface area contributed by atoms with Crippen molar-refractivity contribution >= 4 is 34.1 Å². The zero-order valence-corrected chi connectivity index (χ0v) is 13.7. The lowest BCUT2D eigenvalue weighted by Gasteiger charge is -2.28. The smallest absolute Gasteiger partial charge is 0.162 e. The van der Waals surface area contributed by atoms with E-state index in [-0.39, 0.29) is 0 Å². The van der Waals surface area contributed by atoms with E-state index in [4.69, 9.17) is 27.1 Å². The summed E-state index contributed by atoms with van der Waals surface area (Å²) in [5, 5.41) is 0.553. The van der Waals surface area contributed by atoms with Crippen molar-refractivity contribution < 1.29 is 4.74 Å². The Bertz CT molecular complexity index is 878. The fraction of sp³-hybridized carbons (Fsp3) is 0.235. The van der Waals surface area contributed by atoms with Crippen LogP contribution in [-0.4, -0.2) is 41.3 Å². The molecule has 3 aromatic rings. The lowest BCUT2D eigenvalue weighted by molar-refractivity contribution is 0.122. The van der Waals surface area contributed by atoms with E-state index in [1.165, 1.54) is 0 Å². The third-order valence-electron chi connectivity index (χ3n) is 3.96. The molecular formula is C17H16ClN5O. The second-order valence-electron chi connectivity index (χ2n) is 5.61. The summed E-state index contributed by atoms with van der Waals surface area (Å²) < 4.78 is 5.44. The van der Waals surface area contributed by atoms with E-state index in [0.29, 0.717) is 29.7 Å². The molecule has 1 saturated heterocycles. The van der Waals surface area contributed by atoms with Crippen molar-refractivity contribution in [2.45, 2.75) is 0 Å². The number of morpholine rings is 1. The number of benzene rings is 1. The molecule has 1 fully saturated rings. The van der Waals surface area contributed by atoms with Gasteiger partial charge in [-0.05, 0) is 30.3 Å². The zero-order valence-electron chi connectivity index (χ0n) is 12.9. The maximum absolute atomic E-state index is 6.10. The Morgan fingerprint density at radius 2 is 1.83 bits per heavy atom. The van der Waals surface area contributed by atoms with Crippen LogP contribution in [0.25, 0.3) is 22.4 Å². The molecule has 0 saturated carbocycles. The average Bonchev–Trinajstić information content (AvgIpc) is 2.62. The molecule has 6 nitrogen and oxygen atoms in total. The van der Waals surface area contributed by atoms with Gasteiger partial charge in [-0.25, -0.2) is 15.0 Å². The Kier molecular flexibility index (Phi) is 3.92. The van der Waals surface area contributed by atoms with E-state index in [9.17, 15) is 0 Å². The standard InChI is InChI=1S/C17H16ClN5O/c18-12-9-14-15(20-10-12)17(23-5-7-24-8-6-23)22-16(21-14)11-1-3-13(19)4-2-11/h1-4,9-10H,5-8,19H2. The monoisotopic (exact) mass is 341 g/mol. The summed E-state index contributed by atoms with van der Waals surface area (Å²) in [4.78, 5) is 16.0. The van der Waals surface area contributed by atoms with E-state index in [0.717, 1.165) is 35.5 Å². The summed E-state index contributed by atoms with van der Waals surface area (Å²) in [7, 11) is 0. The van der Waals surface area contributed by atoms with Gasteiger partial charge in [0.2, 0.25) is 0 Å². The van der Waals surface area contributed by atoms with Crippen LogP contribution in [0.2, 0.25) is 5.02 Å². The van der Waals surface area contributed by atoms with Crippen molar-refractivity contribution in [1.29, 1.82) is 0 Å². The molecule has 0 amide bonds. The average molecular weight is 342 g/mol. The predicted octanol–water partition coefficient (Wildman–Crippen LogP) is 2.76. The highest BCUT2D eigenvalue weighted by molar-refractivity contribution is 6.31. The number of rotatable bonds is 2. The van der Waals surface area contributed by atoms with Crippen molar-refractivity contribution in [1.82, 2.24) is 15.0 Å². The first kappa shape index (κ1) is 15.1. The largest absolute Gasteiger partial charge is 0.399 e. The SMILES string of the molecule is Nc1ccc(-c2nc(N3CCOCC3)c3ncc(Cl)cc3n2)cc1. The topological polar surface area (TPSA) is 77.2 Å². The summed E-state index contributed by atoms with van der Waals surface area (Å²) in [6, 6.07) is 9.33. The van der Waals surface area contributed by atoms with E-state index in [2.05, 4.69) is 14.9 Å². The van der Waals surface area contributed by atoms with Crippen LogP contribution < -0.4 is 10.6 Å². The molecule has 4 rings (SSSR count). The molecule has 122 valence electrons. The summed E-state index contributed by atoms with van der Waals surface area (Å²) in [6.07, 6.45) is 1.63. The first-order valence-electron chi connectivity index (χ1n) is 7.72. The number of nitrogen functional groups attached to an aromatic ring is 1. The van der Waals surface area contributed by atoms with Crippen LogP contribution in [0.5, 0.6) is 0 Å². The third kappa shape index (κ3) is 2.86. The normalized spacial score (nSPS) is 15.0. The minimum Gasteiger partial charge on any atom is -0.399 e. The van der Waals surface area contributed by atoms with Crippen LogP contribution in [0.1, 0.15) is 0 Å². The Balaban J connectivity index is 1.89. The van der Waals surface area contributed by atoms with Crippen molar-refractivity contribution in [2.24, 2.45) is 0 Å². The molecule has 0 atom stereocenters. The molecule has 0 unspecified atom stereocenters. The molecule has 0 spiro atoms. The van der Waals surface area contributed by atoms with E-state index in [1.54, 1.807) is 6.20 Å². The van der Waals surface area contributed by atoms with Gasteiger partial charge in [-0.1, -0.05) is 11.6 Å². The van der Waals surface area contributed by atoms with Gasteiger partial charge in [0.05, 0.1) is 23.8 Å². The number of hydrogen-bond donors (Lipinski definition) is 1. The highest BCUT2D eigenvalue weighted by atomic mass is 35.5. The third-order valence-corrected chi connectivity index (χ3v) is 4.17. The predicted molar refractivity (Wildman–Crippen MR) is 95.2 cm³/mol. The van der Waals surface area contributed by atoms with Gasteiger partial charge in [-0.15, -0.1) is 0 Å². The molecule has 1 aromatic carbocycles. The molecule has 2 aromatic heterocycles. The molecule has 0 aliphatic carbocycles. The lowest BCUT2D eigenvalue weighted by atomic mass is 10.2. The molecular weight excluding hydrogens is 326 g/mol. The number of halogens is 1. The van der Waals surface area contributed by atoms with Gasteiger partial charge in [0.15, 0.2) is 11.6 Å². The number of ether oxygens (including phenoxy) is 1. The molecule has 3 heterocycles. The number of aromatic nitrogens is 3. The van der Waals surface area contributed by atoms with Gasteiger partial charge in [-0.3, -0.25) is 0 Å². The number of fused-ring (bicyclic) bond motifs is 1. The minimum atomic E-state index is 0.553. The van der Waals surface area contributed by atoms with Crippen molar-refractivity contribution in [3.63, 3.8) is 0 Å². The molecule has 0 bridgehead atoms. The second kappa shape index (κ2) is 6.22. The Labute approximate surface area is 144 Å². The second-order valence-corrected chi connectivity index (χ2v) is 6.05. The first-order valence-corrected chi connectivity index (χ1v) is 8.10. The maximum atomic E-state index is 6.10. The molecule has 2 N–H and O–H groups in total. The first-order chi connectivity index (χ1) is 11.7. The Morgan fingerprint density at radius 3 is 2.58 bits per heavy atom. The number of anilines is 2. The van der Waals surface area contributed by atoms with Crippen LogP contribution in [0.4, 0.5) is 11.5 Å². The van der Waals surface area contributed by atoms with E-state index in [1.807, 2.05) is 30.3 Å². The molecule has 0 radical (unpaired) electrons. The lowest BCUT2D eigenvalue weighted by Crippen LogP contribution is -2.37. The fourth-order valence-electron chi connectivity index (χ4n) is 2.74.